The van der Waals surface area contributed by atoms with Crippen molar-refractivity contribution in [1.29, 1.82) is 0 Å². The number of benzene rings is 1. The second-order valence-corrected chi connectivity index (χ2v) is 8.24. The number of nitrogens with zero attached hydrogens (tertiary/aromatic N) is 7. The molecule has 5 heterocycles. The molecule has 0 bridgehead atoms. The fourth-order valence-corrected chi connectivity index (χ4v) is 4.54. The summed E-state index contributed by atoms with van der Waals surface area (Å²) in [4.78, 5) is 26.7. The van der Waals surface area contributed by atoms with Crippen LogP contribution in [0.15, 0.2) is 30.6 Å². The van der Waals surface area contributed by atoms with Crippen LogP contribution >= 0.6 is 0 Å². The first-order valence-corrected chi connectivity index (χ1v) is 11.0. The minimum atomic E-state index is 0.0810. The molecule has 10 nitrogen and oxygen atoms in total. The molecule has 2 aliphatic heterocycles. The van der Waals surface area contributed by atoms with Gasteiger partial charge in [0.1, 0.15) is 6.54 Å². The number of likely N-dealkylation sites (tertiary alicyclic amines) is 1. The Labute approximate surface area is 184 Å². The van der Waals surface area contributed by atoms with Crippen LogP contribution in [0.4, 0.5) is 5.95 Å². The monoisotopic (exact) mass is 432 g/mol. The van der Waals surface area contributed by atoms with Gasteiger partial charge in [-0.25, -0.2) is 9.67 Å². The molecular weight excluding hydrogens is 408 g/mol. The van der Waals surface area contributed by atoms with E-state index in [9.17, 15) is 4.79 Å². The highest BCUT2D eigenvalue weighted by Gasteiger charge is 2.23. The van der Waals surface area contributed by atoms with E-state index in [-0.39, 0.29) is 12.5 Å². The average molecular weight is 432 g/mol. The van der Waals surface area contributed by atoms with Gasteiger partial charge in [0.05, 0.1) is 42.2 Å². The summed E-state index contributed by atoms with van der Waals surface area (Å²) < 4.78 is 7.22. The number of hydrogen-bond acceptors (Lipinski definition) is 7. The molecule has 0 saturated carbocycles. The predicted molar refractivity (Wildman–Crippen MR) is 119 cm³/mol. The number of aromatic amines is 1. The Kier molecular flexibility index (Phi) is 4.71. The molecule has 6 rings (SSSR count). The van der Waals surface area contributed by atoms with Crippen molar-refractivity contribution in [2.75, 3.05) is 44.3 Å². The van der Waals surface area contributed by atoms with E-state index in [0.29, 0.717) is 24.8 Å². The van der Waals surface area contributed by atoms with Crippen molar-refractivity contribution in [2.24, 2.45) is 0 Å². The van der Waals surface area contributed by atoms with E-state index in [2.05, 4.69) is 20.2 Å². The minimum Gasteiger partial charge on any atom is -0.378 e. The minimum absolute atomic E-state index is 0.0810. The van der Waals surface area contributed by atoms with Crippen LogP contribution in [0.25, 0.3) is 33.2 Å². The maximum absolute atomic E-state index is 12.8. The summed E-state index contributed by atoms with van der Waals surface area (Å²) in [6.07, 6.45) is 5.71. The maximum atomic E-state index is 12.8. The van der Waals surface area contributed by atoms with E-state index in [1.807, 2.05) is 29.3 Å². The van der Waals surface area contributed by atoms with Gasteiger partial charge >= 0.3 is 0 Å². The predicted octanol–water partition coefficient (Wildman–Crippen LogP) is 1.83. The second-order valence-electron chi connectivity index (χ2n) is 8.24. The van der Waals surface area contributed by atoms with Gasteiger partial charge in [0, 0.05) is 37.1 Å². The first-order chi connectivity index (χ1) is 15.8. The van der Waals surface area contributed by atoms with Crippen LogP contribution in [0, 0.1) is 0 Å². The number of H-pyrrole nitrogens is 1. The zero-order valence-electron chi connectivity index (χ0n) is 17.7. The third kappa shape index (κ3) is 3.27. The highest BCUT2D eigenvalue weighted by molar-refractivity contribution is 6.01. The second kappa shape index (κ2) is 7.86. The SMILES string of the molecule is O=C(Cn1ncc2c(-c3cccc4[nH]ncc34)nc(N3CCOCC3)nc21)N1CCCC1. The lowest BCUT2D eigenvalue weighted by molar-refractivity contribution is -0.130. The maximum Gasteiger partial charge on any atom is 0.244 e. The summed E-state index contributed by atoms with van der Waals surface area (Å²) in [5, 5.41) is 13.6. The Bertz CT molecular complexity index is 1280. The molecule has 2 saturated heterocycles. The van der Waals surface area contributed by atoms with Crippen LogP contribution in [-0.4, -0.2) is 80.1 Å². The smallest absolute Gasteiger partial charge is 0.244 e. The number of aromatic nitrogens is 6. The number of fused-ring (bicyclic) bond motifs is 2. The Morgan fingerprint density at radius 2 is 1.88 bits per heavy atom. The van der Waals surface area contributed by atoms with Crippen molar-refractivity contribution in [3.63, 3.8) is 0 Å². The third-order valence-corrected chi connectivity index (χ3v) is 6.26. The van der Waals surface area contributed by atoms with Crippen LogP contribution in [0.3, 0.4) is 0 Å². The molecule has 3 aromatic heterocycles. The molecule has 0 atom stereocenters. The van der Waals surface area contributed by atoms with Crippen LogP contribution in [0.2, 0.25) is 0 Å². The summed E-state index contributed by atoms with van der Waals surface area (Å²) in [5.74, 6) is 0.712. The number of morpholine rings is 1. The Balaban J connectivity index is 1.49. The normalized spacial score (nSPS) is 17.0. The summed E-state index contributed by atoms with van der Waals surface area (Å²) in [6.45, 7) is 4.54. The molecule has 1 amide bonds. The Hall–Kier alpha value is -3.53. The lowest BCUT2D eigenvalue weighted by Gasteiger charge is -2.27. The van der Waals surface area contributed by atoms with E-state index in [1.165, 1.54) is 0 Å². The molecule has 1 aromatic carbocycles. The highest BCUT2D eigenvalue weighted by Crippen LogP contribution is 2.33. The van der Waals surface area contributed by atoms with E-state index in [4.69, 9.17) is 14.7 Å². The van der Waals surface area contributed by atoms with Gasteiger partial charge in [0.15, 0.2) is 5.65 Å². The molecule has 2 aliphatic rings. The first kappa shape index (κ1) is 19.2. The Morgan fingerprint density at radius 1 is 1.03 bits per heavy atom. The standard InChI is InChI=1S/C22H24N8O2/c31-19(28-6-1-2-7-28)14-30-21-17(13-24-30)20(15-4-3-5-18-16(15)12-23-27-18)25-22(26-21)29-8-10-32-11-9-29/h3-5,12-13H,1-2,6-11,14H2,(H,23,27). The molecule has 0 spiro atoms. The van der Waals surface area contributed by atoms with Crippen LogP contribution in [0.5, 0.6) is 0 Å². The fraction of sp³-hybridized carbons (Fsp3) is 0.409. The molecule has 4 aromatic rings. The number of hydrogen-bond donors (Lipinski definition) is 1. The number of carbonyl (C=O) groups excluding carboxylic acids is 1. The molecule has 164 valence electrons. The largest absolute Gasteiger partial charge is 0.378 e. The van der Waals surface area contributed by atoms with Gasteiger partial charge in [0.2, 0.25) is 11.9 Å². The topological polar surface area (TPSA) is 105 Å². The number of amides is 1. The lowest BCUT2D eigenvalue weighted by atomic mass is 10.1. The van der Waals surface area contributed by atoms with E-state index < -0.39 is 0 Å². The van der Waals surface area contributed by atoms with Crippen molar-refractivity contribution < 1.29 is 9.53 Å². The summed E-state index contributed by atoms with van der Waals surface area (Å²) in [7, 11) is 0. The van der Waals surface area contributed by atoms with Gasteiger partial charge in [-0.15, -0.1) is 0 Å². The van der Waals surface area contributed by atoms with E-state index in [0.717, 1.165) is 66.6 Å². The molecule has 0 unspecified atom stereocenters. The average Bonchev–Trinajstić information content (AvgIpc) is 3.60. The molecule has 1 N–H and O–H groups in total. The van der Waals surface area contributed by atoms with Gasteiger partial charge in [-0.2, -0.15) is 15.2 Å². The summed E-state index contributed by atoms with van der Waals surface area (Å²) >= 11 is 0. The first-order valence-electron chi connectivity index (χ1n) is 11.0. The van der Waals surface area contributed by atoms with E-state index in [1.54, 1.807) is 10.9 Å². The van der Waals surface area contributed by atoms with Gasteiger partial charge < -0.3 is 14.5 Å². The molecule has 0 aliphatic carbocycles. The van der Waals surface area contributed by atoms with Crippen LogP contribution < -0.4 is 4.90 Å². The summed E-state index contributed by atoms with van der Waals surface area (Å²) in [6, 6.07) is 6.01. The lowest BCUT2D eigenvalue weighted by Crippen LogP contribution is -2.37. The zero-order valence-corrected chi connectivity index (χ0v) is 17.7. The number of nitrogens with one attached hydrogen (secondary N) is 1. The van der Waals surface area contributed by atoms with Gasteiger partial charge in [-0.3, -0.25) is 9.89 Å². The van der Waals surface area contributed by atoms with Gasteiger partial charge in [-0.1, -0.05) is 12.1 Å². The molecule has 2 fully saturated rings. The zero-order chi connectivity index (χ0) is 21.5. The van der Waals surface area contributed by atoms with Crippen LogP contribution in [-0.2, 0) is 16.1 Å². The van der Waals surface area contributed by atoms with Crippen molar-refractivity contribution in [3.05, 3.63) is 30.6 Å². The number of anilines is 1. The van der Waals surface area contributed by atoms with Crippen molar-refractivity contribution in [3.8, 4) is 11.3 Å². The van der Waals surface area contributed by atoms with E-state index >= 15 is 0 Å². The highest BCUT2D eigenvalue weighted by atomic mass is 16.5. The number of ether oxygens (including phenoxy) is 1. The van der Waals surface area contributed by atoms with Crippen molar-refractivity contribution >= 4 is 33.8 Å². The quantitative estimate of drug-likeness (QED) is 0.524. The molecular formula is C22H24N8O2. The van der Waals surface area contributed by atoms with Crippen molar-refractivity contribution in [2.45, 2.75) is 19.4 Å². The van der Waals surface area contributed by atoms with Crippen molar-refractivity contribution in [1.82, 2.24) is 34.8 Å². The van der Waals surface area contributed by atoms with Gasteiger partial charge in [0.25, 0.3) is 0 Å². The van der Waals surface area contributed by atoms with Gasteiger partial charge in [-0.05, 0) is 18.9 Å². The third-order valence-electron chi connectivity index (χ3n) is 6.26. The molecule has 0 radical (unpaired) electrons. The van der Waals surface area contributed by atoms with Crippen LogP contribution in [0.1, 0.15) is 12.8 Å². The fourth-order valence-electron chi connectivity index (χ4n) is 4.54. The number of carbonyl (C=O) groups is 1. The number of rotatable bonds is 4. The summed E-state index contributed by atoms with van der Waals surface area (Å²) in [5.41, 5.74) is 3.37. The molecule has 10 heteroatoms. The Morgan fingerprint density at radius 3 is 2.72 bits per heavy atom. The molecule has 32 heavy (non-hydrogen) atoms.